The lowest BCUT2D eigenvalue weighted by Gasteiger charge is -2.21. The average molecular weight is 258 g/mol. The Hall–Kier alpha value is -1.14. The van der Waals surface area contributed by atoms with Crippen molar-refractivity contribution in [1.29, 1.82) is 0 Å². The molecule has 0 aromatic rings. The molecule has 0 spiro atoms. The Bertz CT molecular complexity index is 306. The van der Waals surface area contributed by atoms with Crippen molar-refractivity contribution in [2.45, 2.75) is 32.4 Å². The summed E-state index contributed by atoms with van der Waals surface area (Å²) in [7, 11) is 1.77. The highest BCUT2D eigenvalue weighted by atomic mass is 16.5. The van der Waals surface area contributed by atoms with Gasteiger partial charge in [0.2, 0.25) is 5.91 Å². The SMILES string of the molecule is CNC1COCC1C(=O)N[C@H](CC(C)C)C(=O)O. The van der Waals surface area contributed by atoms with E-state index in [-0.39, 0.29) is 23.8 Å². The van der Waals surface area contributed by atoms with Gasteiger partial charge >= 0.3 is 5.97 Å². The number of amides is 1. The van der Waals surface area contributed by atoms with E-state index < -0.39 is 12.0 Å². The smallest absolute Gasteiger partial charge is 0.326 e. The van der Waals surface area contributed by atoms with Gasteiger partial charge in [0, 0.05) is 6.04 Å². The molecule has 6 nitrogen and oxygen atoms in total. The highest BCUT2D eigenvalue weighted by Gasteiger charge is 2.35. The molecule has 0 radical (unpaired) electrons. The van der Waals surface area contributed by atoms with E-state index in [1.54, 1.807) is 7.05 Å². The summed E-state index contributed by atoms with van der Waals surface area (Å²) in [5, 5.41) is 14.7. The third-order valence-corrected chi connectivity index (χ3v) is 3.11. The molecule has 1 heterocycles. The van der Waals surface area contributed by atoms with Gasteiger partial charge in [0.05, 0.1) is 19.1 Å². The largest absolute Gasteiger partial charge is 0.480 e. The van der Waals surface area contributed by atoms with Gasteiger partial charge in [0.15, 0.2) is 0 Å². The maximum atomic E-state index is 12.0. The molecule has 3 N–H and O–H groups in total. The van der Waals surface area contributed by atoms with Crippen LogP contribution in [0.2, 0.25) is 0 Å². The van der Waals surface area contributed by atoms with Crippen LogP contribution in [0.1, 0.15) is 20.3 Å². The molecule has 0 aromatic heterocycles. The summed E-state index contributed by atoms with van der Waals surface area (Å²) >= 11 is 0. The van der Waals surface area contributed by atoms with Crippen LogP contribution >= 0.6 is 0 Å². The first-order valence-corrected chi connectivity index (χ1v) is 6.23. The summed E-state index contributed by atoms with van der Waals surface area (Å²) in [4.78, 5) is 23.1. The van der Waals surface area contributed by atoms with E-state index in [0.717, 1.165) is 0 Å². The standard InChI is InChI=1S/C12H22N2O4/c1-7(2)4-9(12(16)17)14-11(15)8-5-18-6-10(8)13-3/h7-10,13H,4-6H2,1-3H3,(H,14,15)(H,16,17)/t8?,9-,10?/m1/s1. The Morgan fingerprint density at radius 2 is 2.06 bits per heavy atom. The molecule has 1 aliphatic rings. The molecule has 0 aromatic carbocycles. The first-order valence-electron chi connectivity index (χ1n) is 6.23. The summed E-state index contributed by atoms with van der Waals surface area (Å²) in [6.07, 6.45) is 0.429. The zero-order valence-corrected chi connectivity index (χ0v) is 11.1. The van der Waals surface area contributed by atoms with Gasteiger partial charge in [-0.15, -0.1) is 0 Å². The van der Waals surface area contributed by atoms with Crippen LogP contribution in [-0.4, -0.2) is 49.3 Å². The summed E-state index contributed by atoms with van der Waals surface area (Å²) in [5.41, 5.74) is 0. The van der Waals surface area contributed by atoms with Crippen molar-refractivity contribution in [2.24, 2.45) is 11.8 Å². The Kier molecular flexibility index (Phi) is 5.55. The van der Waals surface area contributed by atoms with Gasteiger partial charge in [-0.3, -0.25) is 4.79 Å². The zero-order valence-electron chi connectivity index (χ0n) is 11.1. The molecule has 104 valence electrons. The normalized spacial score (nSPS) is 25.1. The van der Waals surface area contributed by atoms with Crippen molar-refractivity contribution in [3.8, 4) is 0 Å². The fraction of sp³-hybridized carbons (Fsp3) is 0.833. The lowest BCUT2D eigenvalue weighted by Crippen LogP contribution is -2.48. The summed E-state index contributed by atoms with van der Waals surface area (Å²) in [6, 6.07) is -0.867. The quantitative estimate of drug-likeness (QED) is 0.616. The Balaban J connectivity index is 2.58. The van der Waals surface area contributed by atoms with E-state index in [4.69, 9.17) is 9.84 Å². The van der Waals surface area contributed by atoms with E-state index in [1.807, 2.05) is 13.8 Å². The van der Waals surface area contributed by atoms with Crippen LogP contribution in [0.15, 0.2) is 0 Å². The number of hydrogen-bond donors (Lipinski definition) is 3. The van der Waals surface area contributed by atoms with Crippen LogP contribution in [0.25, 0.3) is 0 Å². The zero-order chi connectivity index (χ0) is 13.7. The van der Waals surface area contributed by atoms with Crippen LogP contribution < -0.4 is 10.6 Å². The van der Waals surface area contributed by atoms with Gasteiger partial charge in [-0.2, -0.15) is 0 Å². The minimum absolute atomic E-state index is 0.0431. The van der Waals surface area contributed by atoms with Gasteiger partial charge < -0.3 is 20.5 Å². The molecule has 0 bridgehead atoms. The first-order chi connectivity index (χ1) is 8.45. The average Bonchev–Trinajstić information content (AvgIpc) is 2.75. The summed E-state index contributed by atoms with van der Waals surface area (Å²) < 4.78 is 5.23. The molecule has 0 saturated carbocycles. The maximum Gasteiger partial charge on any atom is 0.326 e. The van der Waals surface area contributed by atoms with Crippen LogP contribution in [0.5, 0.6) is 0 Å². The Morgan fingerprint density at radius 1 is 1.39 bits per heavy atom. The van der Waals surface area contributed by atoms with Gasteiger partial charge in [-0.05, 0) is 19.4 Å². The monoisotopic (exact) mass is 258 g/mol. The second-order valence-corrected chi connectivity index (χ2v) is 5.07. The molecule has 0 aliphatic carbocycles. The van der Waals surface area contributed by atoms with E-state index in [1.165, 1.54) is 0 Å². The molecule has 1 saturated heterocycles. The Morgan fingerprint density at radius 3 is 2.56 bits per heavy atom. The number of carboxylic acid groups (broad SMARTS) is 1. The van der Waals surface area contributed by atoms with Crippen LogP contribution in [-0.2, 0) is 14.3 Å². The lowest BCUT2D eigenvalue weighted by molar-refractivity contribution is -0.143. The predicted octanol–water partition coefficient (Wildman–Crippen LogP) is -0.164. The van der Waals surface area contributed by atoms with Gasteiger partial charge in [-0.25, -0.2) is 4.79 Å². The van der Waals surface area contributed by atoms with Crippen molar-refractivity contribution >= 4 is 11.9 Å². The topological polar surface area (TPSA) is 87.7 Å². The molecular formula is C12H22N2O4. The summed E-state index contributed by atoms with van der Waals surface area (Å²) in [6.45, 7) is 4.68. The minimum Gasteiger partial charge on any atom is -0.480 e. The van der Waals surface area contributed by atoms with Crippen molar-refractivity contribution in [1.82, 2.24) is 10.6 Å². The van der Waals surface area contributed by atoms with E-state index in [0.29, 0.717) is 19.6 Å². The molecular weight excluding hydrogens is 236 g/mol. The van der Waals surface area contributed by atoms with E-state index >= 15 is 0 Å². The van der Waals surface area contributed by atoms with E-state index in [2.05, 4.69) is 10.6 Å². The van der Waals surface area contributed by atoms with Crippen LogP contribution in [0.4, 0.5) is 0 Å². The molecule has 1 amide bonds. The maximum absolute atomic E-state index is 12.0. The molecule has 1 rings (SSSR count). The molecule has 1 aliphatic heterocycles. The van der Waals surface area contributed by atoms with Crippen molar-refractivity contribution in [2.75, 3.05) is 20.3 Å². The summed E-state index contributed by atoms with van der Waals surface area (Å²) in [5.74, 6) is -1.34. The highest BCUT2D eigenvalue weighted by Crippen LogP contribution is 2.14. The molecule has 3 atom stereocenters. The van der Waals surface area contributed by atoms with Crippen LogP contribution in [0.3, 0.4) is 0 Å². The van der Waals surface area contributed by atoms with Crippen LogP contribution in [0, 0.1) is 11.8 Å². The number of nitrogens with one attached hydrogen (secondary N) is 2. The first kappa shape index (κ1) is 14.9. The van der Waals surface area contributed by atoms with Gasteiger partial charge in [0.1, 0.15) is 6.04 Å². The molecule has 2 unspecified atom stereocenters. The number of carbonyl (C=O) groups excluding carboxylic acids is 1. The Labute approximate surface area is 107 Å². The number of hydrogen-bond acceptors (Lipinski definition) is 4. The molecule has 18 heavy (non-hydrogen) atoms. The third-order valence-electron chi connectivity index (χ3n) is 3.11. The van der Waals surface area contributed by atoms with Crippen molar-refractivity contribution in [3.05, 3.63) is 0 Å². The number of carbonyl (C=O) groups is 2. The number of rotatable bonds is 6. The fourth-order valence-corrected chi connectivity index (χ4v) is 2.07. The predicted molar refractivity (Wildman–Crippen MR) is 66.2 cm³/mol. The number of carboxylic acids is 1. The van der Waals surface area contributed by atoms with E-state index in [9.17, 15) is 9.59 Å². The minimum atomic E-state index is -0.989. The van der Waals surface area contributed by atoms with Gasteiger partial charge in [-0.1, -0.05) is 13.8 Å². The lowest BCUT2D eigenvalue weighted by atomic mass is 10.00. The van der Waals surface area contributed by atoms with Crippen molar-refractivity contribution < 1.29 is 19.4 Å². The van der Waals surface area contributed by atoms with Crippen molar-refractivity contribution in [3.63, 3.8) is 0 Å². The fourth-order valence-electron chi connectivity index (χ4n) is 2.07. The second-order valence-electron chi connectivity index (χ2n) is 5.07. The number of aliphatic carboxylic acids is 1. The second kappa shape index (κ2) is 6.70. The molecule has 1 fully saturated rings. The number of ether oxygens (including phenoxy) is 1. The molecule has 6 heteroatoms. The highest BCUT2D eigenvalue weighted by molar-refractivity contribution is 5.85. The number of likely N-dealkylation sites (N-methyl/N-ethyl adjacent to an activating group) is 1. The van der Waals surface area contributed by atoms with Gasteiger partial charge in [0.25, 0.3) is 0 Å². The third kappa shape index (κ3) is 3.96.